The number of aliphatic carboxylic acids is 1. The second-order valence-electron chi connectivity index (χ2n) is 6.37. The number of nitrogens with one attached hydrogen (secondary N) is 2. The SMILES string of the molecule is O=C(NCc1cc(Cl)cc2c1OCC2)NC1CCC(C(=O)O)CC1. The van der Waals surface area contributed by atoms with Crippen LogP contribution in [0.15, 0.2) is 12.1 Å². The highest BCUT2D eigenvalue weighted by atomic mass is 35.5. The van der Waals surface area contributed by atoms with Crippen LogP contribution in [-0.2, 0) is 17.8 Å². The van der Waals surface area contributed by atoms with Gasteiger partial charge in [0.15, 0.2) is 0 Å². The molecule has 1 aliphatic heterocycles. The number of fused-ring (bicyclic) bond motifs is 1. The van der Waals surface area contributed by atoms with E-state index < -0.39 is 5.97 Å². The fourth-order valence-electron chi connectivity index (χ4n) is 3.37. The molecule has 0 aromatic heterocycles. The van der Waals surface area contributed by atoms with Gasteiger partial charge in [0.2, 0.25) is 0 Å². The van der Waals surface area contributed by atoms with Gasteiger partial charge in [-0.05, 0) is 43.4 Å². The molecule has 24 heavy (non-hydrogen) atoms. The van der Waals surface area contributed by atoms with Crippen LogP contribution in [0.4, 0.5) is 4.79 Å². The molecule has 0 bridgehead atoms. The Bertz CT molecular complexity index is 642. The number of urea groups is 1. The molecule has 0 radical (unpaired) electrons. The molecule has 0 atom stereocenters. The Morgan fingerprint density at radius 3 is 2.71 bits per heavy atom. The third kappa shape index (κ3) is 3.93. The number of amides is 2. The lowest BCUT2D eigenvalue weighted by Crippen LogP contribution is -2.43. The van der Waals surface area contributed by atoms with Crippen LogP contribution in [-0.4, -0.2) is 29.8 Å². The summed E-state index contributed by atoms with van der Waals surface area (Å²) >= 11 is 6.11. The van der Waals surface area contributed by atoms with Crippen LogP contribution in [0, 0.1) is 5.92 Å². The summed E-state index contributed by atoms with van der Waals surface area (Å²) < 4.78 is 5.62. The molecule has 0 unspecified atom stereocenters. The van der Waals surface area contributed by atoms with E-state index >= 15 is 0 Å². The van der Waals surface area contributed by atoms with Crippen molar-refractivity contribution in [3.05, 3.63) is 28.3 Å². The van der Waals surface area contributed by atoms with Crippen LogP contribution >= 0.6 is 11.6 Å². The van der Waals surface area contributed by atoms with Crippen molar-refractivity contribution >= 4 is 23.6 Å². The second kappa shape index (κ2) is 7.30. The van der Waals surface area contributed by atoms with Crippen molar-refractivity contribution in [3.8, 4) is 5.75 Å². The summed E-state index contributed by atoms with van der Waals surface area (Å²) in [6.07, 6.45) is 3.44. The Balaban J connectivity index is 1.49. The Morgan fingerprint density at radius 2 is 2.00 bits per heavy atom. The number of ether oxygens (including phenoxy) is 1. The van der Waals surface area contributed by atoms with Crippen molar-refractivity contribution in [1.29, 1.82) is 0 Å². The third-order valence-corrected chi connectivity index (χ3v) is 4.89. The zero-order chi connectivity index (χ0) is 17.1. The minimum Gasteiger partial charge on any atom is -0.493 e. The lowest BCUT2D eigenvalue weighted by Gasteiger charge is -2.26. The molecule has 1 aromatic carbocycles. The number of carboxylic acids is 1. The first-order chi connectivity index (χ1) is 11.5. The van der Waals surface area contributed by atoms with Crippen molar-refractivity contribution in [1.82, 2.24) is 10.6 Å². The van der Waals surface area contributed by atoms with Crippen LogP contribution in [0.25, 0.3) is 0 Å². The van der Waals surface area contributed by atoms with Crippen LogP contribution < -0.4 is 15.4 Å². The first kappa shape index (κ1) is 16.9. The lowest BCUT2D eigenvalue weighted by atomic mass is 9.86. The summed E-state index contributed by atoms with van der Waals surface area (Å²) in [7, 11) is 0. The van der Waals surface area contributed by atoms with Crippen molar-refractivity contribution in [3.63, 3.8) is 0 Å². The standard InChI is InChI=1S/C17H21ClN2O4/c18-13-7-11-5-6-24-15(11)12(8-13)9-19-17(23)20-14-3-1-10(2-4-14)16(21)22/h7-8,10,14H,1-6,9H2,(H,21,22)(H2,19,20,23). The molecule has 0 saturated heterocycles. The highest BCUT2D eigenvalue weighted by Crippen LogP contribution is 2.32. The molecular weight excluding hydrogens is 332 g/mol. The van der Waals surface area contributed by atoms with Gasteiger partial charge in [0, 0.05) is 29.6 Å². The topological polar surface area (TPSA) is 87.7 Å². The molecule has 3 rings (SSSR count). The first-order valence-electron chi connectivity index (χ1n) is 8.24. The highest BCUT2D eigenvalue weighted by Gasteiger charge is 2.26. The molecule has 1 aliphatic carbocycles. The zero-order valence-electron chi connectivity index (χ0n) is 13.3. The maximum atomic E-state index is 12.1. The van der Waals surface area contributed by atoms with Crippen LogP contribution in [0.3, 0.4) is 0 Å². The zero-order valence-corrected chi connectivity index (χ0v) is 14.1. The highest BCUT2D eigenvalue weighted by molar-refractivity contribution is 6.30. The van der Waals surface area contributed by atoms with E-state index in [-0.39, 0.29) is 18.0 Å². The fraction of sp³-hybridized carbons (Fsp3) is 0.529. The molecule has 1 saturated carbocycles. The van der Waals surface area contributed by atoms with E-state index in [1.54, 1.807) is 0 Å². The first-order valence-corrected chi connectivity index (χ1v) is 8.62. The van der Waals surface area contributed by atoms with Gasteiger partial charge in [0.1, 0.15) is 5.75 Å². The Hall–Kier alpha value is -1.95. The fourth-order valence-corrected chi connectivity index (χ4v) is 3.64. The van der Waals surface area contributed by atoms with E-state index in [2.05, 4.69) is 10.6 Å². The van der Waals surface area contributed by atoms with Crippen molar-refractivity contribution in [2.75, 3.05) is 6.61 Å². The summed E-state index contributed by atoms with van der Waals surface area (Å²) in [5.41, 5.74) is 1.95. The molecule has 6 nitrogen and oxygen atoms in total. The Kier molecular flexibility index (Phi) is 5.14. The predicted molar refractivity (Wildman–Crippen MR) is 89.4 cm³/mol. The average Bonchev–Trinajstić information content (AvgIpc) is 3.01. The molecule has 0 spiro atoms. The van der Waals surface area contributed by atoms with Gasteiger partial charge >= 0.3 is 12.0 Å². The minimum atomic E-state index is -0.743. The number of carbonyl (C=O) groups is 2. The number of carbonyl (C=O) groups excluding carboxylic acids is 1. The maximum Gasteiger partial charge on any atom is 0.315 e. The molecule has 2 aliphatic rings. The normalized spacial score (nSPS) is 22.4. The van der Waals surface area contributed by atoms with Gasteiger partial charge < -0.3 is 20.5 Å². The maximum absolute atomic E-state index is 12.1. The molecule has 3 N–H and O–H groups in total. The Morgan fingerprint density at radius 1 is 1.25 bits per heavy atom. The van der Waals surface area contributed by atoms with Crippen LogP contribution in [0.1, 0.15) is 36.8 Å². The van der Waals surface area contributed by atoms with Gasteiger partial charge in [0.25, 0.3) is 0 Å². The number of halogens is 1. The van der Waals surface area contributed by atoms with E-state index in [1.807, 2.05) is 12.1 Å². The van der Waals surface area contributed by atoms with Crippen LogP contribution in [0.2, 0.25) is 5.02 Å². The number of benzene rings is 1. The van der Waals surface area contributed by atoms with Gasteiger partial charge in [-0.1, -0.05) is 11.6 Å². The summed E-state index contributed by atoms with van der Waals surface area (Å²) in [4.78, 5) is 23.0. The lowest BCUT2D eigenvalue weighted by molar-refractivity contribution is -0.142. The number of rotatable bonds is 4. The van der Waals surface area contributed by atoms with Gasteiger partial charge in [-0.3, -0.25) is 4.79 Å². The molecule has 1 aromatic rings. The van der Waals surface area contributed by atoms with Crippen LogP contribution in [0.5, 0.6) is 5.75 Å². The minimum absolute atomic E-state index is 0.0296. The molecule has 2 amide bonds. The summed E-state index contributed by atoms with van der Waals surface area (Å²) in [6.45, 7) is 0.987. The summed E-state index contributed by atoms with van der Waals surface area (Å²) in [5, 5.41) is 15.4. The monoisotopic (exact) mass is 352 g/mol. The number of hydrogen-bond acceptors (Lipinski definition) is 3. The van der Waals surface area contributed by atoms with E-state index in [4.69, 9.17) is 21.4 Å². The largest absolute Gasteiger partial charge is 0.493 e. The second-order valence-corrected chi connectivity index (χ2v) is 6.80. The van der Waals surface area contributed by atoms with E-state index in [0.29, 0.717) is 43.9 Å². The van der Waals surface area contributed by atoms with E-state index in [0.717, 1.165) is 23.3 Å². The predicted octanol–water partition coefficient (Wildman–Crippen LogP) is 2.72. The van der Waals surface area contributed by atoms with Crippen molar-refractivity contribution in [2.45, 2.75) is 44.7 Å². The Labute approximate surface area is 145 Å². The van der Waals surface area contributed by atoms with Crippen molar-refractivity contribution < 1.29 is 19.4 Å². The quantitative estimate of drug-likeness (QED) is 0.777. The smallest absolute Gasteiger partial charge is 0.315 e. The van der Waals surface area contributed by atoms with E-state index in [1.165, 1.54) is 0 Å². The molecular formula is C17H21ClN2O4. The average molecular weight is 353 g/mol. The molecule has 1 fully saturated rings. The van der Waals surface area contributed by atoms with Gasteiger partial charge in [-0.25, -0.2) is 4.79 Å². The molecule has 1 heterocycles. The van der Waals surface area contributed by atoms with Gasteiger partial charge in [-0.15, -0.1) is 0 Å². The van der Waals surface area contributed by atoms with E-state index in [9.17, 15) is 9.59 Å². The molecule has 130 valence electrons. The number of carboxylic acid groups (broad SMARTS) is 1. The summed E-state index contributed by atoms with van der Waals surface area (Å²) in [5.74, 6) is -0.202. The molecule has 7 heteroatoms. The summed E-state index contributed by atoms with van der Waals surface area (Å²) in [6, 6.07) is 3.49. The van der Waals surface area contributed by atoms with Crippen molar-refractivity contribution in [2.24, 2.45) is 5.92 Å². The van der Waals surface area contributed by atoms with Gasteiger partial charge in [-0.2, -0.15) is 0 Å². The van der Waals surface area contributed by atoms with Gasteiger partial charge in [0.05, 0.1) is 12.5 Å². The third-order valence-electron chi connectivity index (χ3n) is 4.68. The number of hydrogen-bond donors (Lipinski definition) is 3.